The molecular formula is C38H48N10W2. The van der Waals surface area contributed by atoms with Crippen molar-refractivity contribution in [3.63, 3.8) is 0 Å². The first-order valence-electron chi connectivity index (χ1n) is 16.0. The van der Waals surface area contributed by atoms with Crippen LogP contribution in [-0.4, -0.2) is 43.5 Å². The number of fused-ring (bicyclic) bond motifs is 3. The Kier molecular flexibility index (Phi) is 28.2. The quantitative estimate of drug-likeness (QED) is 0.162. The van der Waals surface area contributed by atoms with Crippen LogP contribution in [0, 0.1) is 33.2 Å². The molecule has 7 aromatic rings. The van der Waals surface area contributed by atoms with Gasteiger partial charge in [0.2, 0.25) is 0 Å². The Bertz CT molecular complexity index is 1760. The van der Waals surface area contributed by atoms with Gasteiger partial charge >= 0.3 is 42.1 Å². The Morgan fingerprint density at radius 3 is 2.02 bits per heavy atom. The topological polar surface area (TPSA) is 97.2 Å². The van der Waals surface area contributed by atoms with Gasteiger partial charge in [0.15, 0.2) is 5.65 Å². The fraction of sp³-hybridized carbons (Fsp3) is 0.237. The van der Waals surface area contributed by atoms with E-state index in [0.29, 0.717) is 0 Å². The normalized spacial score (nSPS) is 9.28. The van der Waals surface area contributed by atoms with Gasteiger partial charge in [0.05, 0.1) is 5.52 Å². The van der Waals surface area contributed by atoms with Crippen molar-refractivity contribution >= 4 is 29.6 Å². The summed E-state index contributed by atoms with van der Waals surface area (Å²) in [5, 5.41) is 19.7. The van der Waals surface area contributed by atoms with Gasteiger partial charge in [-0.15, -0.1) is 38.7 Å². The van der Waals surface area contributed by atoms with Crippen LogP contribution < -0.4 is 4.98 Å². The minimum Gasteiger partial charge on any atom is -0.749 e. The molecule has 0 unspecified atom stereocenters. The van der Waals surface area contributed by atoms with E-state index in [-0.39, 0.29) is 42.1 Å². The maximum Gasteiger partial charge on any atom is 2.00 e. The van der Waals surface area contributed by atoms with Crippen LogP contribution in [0.1, 0.15) is 64.7 Å². The fourth-order valence-corrected chi connectivity index (χ4v) is 3.66. The number of aryl methyl sites for hydroxylation is 2. The van der Waals surface area contributed by atoms with E-state index in [1.165, 1.54) is 12.3 Å². The van der Waals surface area contributed by atoms with Crippen molar-refractivity contribution in [3.05, 3.63) is 146 Å². The molecule has 8 heterocycles. The van der Waals surface area contributed by atoms with E-state index in [9.17, 15) is 0 Å². The van der Waals surface area contributed by atoms with Crippen LogP contribution >= 0.6 is 0 Å². The molecule has 0 bridgehead atoms. The zero-order valence-corrected chi connectivity index (χ0v) is 36.1. The zero-order valence-electron chi connectivity index (χ0n) is 30.2. The van der Waals surface area contributed by atoms with Gasteiger partial charge in [0, 0.05) is 31.2 Å². The molecular weight excluding hydrogens is 964 g/mol. The Balaban J connectivity index is 0. The first kappa shape index (κ1) is 47.7. The molecule has 1 aliphatic rings. The largest absolute Gasteiger partial charge is 2.00 e. The third kappa shape index (κ3) is 16.3. The van der Waals surface area contributed by atoms with Crippen LogP contribution in [0.3, 0.4) is 0 Å². The van der Waals surface area contributed by atoms with E-state index in [0.717, 1.165) is 40.8 Å². The average molecular weight is 1010 g/mol. The number of hydrogen-bond acceptors (Lipinski definition) is 5. The molecule has 0 saturated carbocycles. The monoisotopic (exact) mass is 1010 g/mol. The third-order valence-electron chi connectivity index (χ3n) is 5.75. The van der Waals surface area contributed by atoms with Crippen LogP contribution in [0.25, 0.3) is 29.6 Å². The molecule has 262 valence electrons. The molecule has 7 aromatic heterocycles. The van der Waals surface area contributed by atoms with Crippen molar-refractivity contribution in [3.8, 4) is 0 Å². The van der Waals surface area contributed by atoms with Gasteiger partial charge < -0.3 is 21.8 Å². The Morgan fingerprint density at radius 2 is 1.48 bits per heavy atom. The maximum atomic E-state index is 5.11. The Hall–Kier alpha value is -4.39. The van der Waals surface area contributed by atoms with Gasteiger partial charge in [-0.3, -0.25) is 27.8 Å². The van der Waals surface area contributed by atoms with Crippen molar-refractivity contribution in [1.29, 1.82) is 0 Å². The van der Waals surface area contributed by atoms with Gasteiger partial charge in [0.1, 0.15) is 17.5 Å². The summed E-state index contributed by atoms with van der Waals surface area (Å²) in [6, 6.07) is 21.1. The second kappa shape index (κ2) is 29.5. The smallest absolute Gasteiger partial charge is 0.749 e. The second-order valence-corrected chi connectivity index (χ2v) is 8.62. The predicted molar refractivity (Wildman–Crippen MR) is 198 cm³/mol. The SMILES string of the molecule is CC.CC.CC.Cc1nnc2ccccn12.Cc1nnc2n1C=CC2.[CH-]=Cc1ccc[n-]1.[CH-]=Cn1[c-]ccc1.[W+2].[W+2].c1cnn2cccc2c1. The molecule has 0 N–H and O–H groups in total. The Labute approximate surface area is 326 Å². The van der Waals surface area contributed by atoms with Crippen LogP contribution in [0.4, 0.5) is 0 Å². The maximum absolute atomic E-state index is 5.11. The summed E-state index contributed by atoms with van der Waals surface area (Å²) in [5.74, 6) is 2.95. The number of hydrogen-bond donors (Lipinski definition) is 0. The number of allylic oxidation sites excluding steroid dienone is 1. The van der Waals surface area contributed by atoms with Crippen LogP contribution in [-0.2, 0) is 48.6 Å². The van der Waals surface area contributed by atoms with Gasteiger partial charge in [-0.2, -0.15) is 23.4 Å². The first-order chi connectivity index (χ1) is 23.6. The minimum atomic E-state index is 0. The fourth-order valence-electron chi connectivity index (χ4n) is 3.66. The molecule has 0 atom stereocenters. The number of aromatic nitrogens is 10. The molecule has 0 amide bonds. The van der Waals surface area contributed by atoms with E-state index in [1.807, 2.05) is 154 Å². The van der Waals surface area contributed by atoms with Gasteiger partial charge in [-0.1, -0.05) is 59.9 Å². The molecule has 0 spiro atoms. The summed E-state index contributed by atoms with van der Waals surface area (Å²) in [4.78, 5) is 3.85. The van der Waals surface area contributed by atoms with Gasteiger partial charge in [0.25, 0.3) is 0 Å². The van der Waals surface area contributed by atoms with Gasteiger partial charge in [-0.05, 0) is 50.2 Å². The molecule has 0 fully saturated rings. The van der Waals surface area contributed by atoms with Crippen LogP contribution in [0.2, 0.25) is 0 Å². The summed E-state index contributed by atoms with van der Waals surface area (Å²) >= 11 is 0. The zero-order chi connectivity index (χ0) is 35.6. The van der Waals surface area contributed by atoms with Gasteiger partial charge in [-0.25, -0.2) is 4.52 Å². The van der Waals surface area contributed by atoms with E-state index in [4.69, 9.17) is 13.2 Å². The van der Waals surface area contributed by atoms with E-state index < -0.39 is 0 Å². The molecule has 10 nitrogen and oxygen atoms in total. The van der Waals surface area contributed by atoms with Crippen LogP contribution in [0.15, 0.2) is 104 Å². The van der Waals surface area contributed by atoms with Crippen molar-refractivity contribution in [2.24, 2.45) is 0 Å². The third-order valence-corrected chi connectivity index (χ3v) is 5.75. The second-order valence-electron chi connectivity index (χ2n) is 8.62. The summed E-state index contributed by atoms with van der Waals surface area (Å²) in [6.45, 7) is 26.1. The van der Waals surface area contributed by atoms with Crippen molar-refractivity contribution < 1.29 is 42.1 Å². The summed E-state index contributed by atoms with van der Waals surface area (Å²) in [5.41, 5.74) is 2.87. The molecule has 1 aliphatic heterocycles. The molecule has 0 aliphatic carbocycles. The summed E-state index contributed by atoms with van der Waals surface area (Å²) in [7, 11) is 0. The summed E-state index contributed by atoms with van der Waals surface area (Å²) in [6.07, 6.45) is 19.9. The van der Waals surface area contributed by atoms with Crippen molar-refractivity contribution in [2.75, 3.05) is 0 Å². The first-order valence-corrected chi connectivity index (χ1v) is 16.0. The van der Waals surface area contributed by atoms with E-state index >= 15 is 0 Å². The molecule has 0 saturated heterocycles. The van der Waals surface area contributed by atoms with E-state index in [1.54, 1.807) is 23.0 Å². The Morgan fingerprint density at radius 1 is 0.760 bits per heavy atom. The molecule has 50 heavy (non-hydrogen) atoms. The molecule has 0 radical (unpaired) electrons. The number of pyridine rings is 1. The number of nitrogens with zero attached hydrogens (tertiary/aromatic N) is 10. The standard InChI is InChI=1S/C7H7N3.C7H6N2.C6H7N3.2C6H5N.3C2H6.2W/c1-6-8-9-7-4-2-3-5-10(6)7;1-3-7-4-2-6-9(7)8-5-1;1-5-7-8-6-3-2-4-9(5)6;1-2-7-5-3-4-6-7;1-2-6-4-3-5-7-6;3*1-2;;/h2-5H,1H3;1-6H;2,4H,3H2,1H3;2*1-5H;3*1-2H3;;/q;;;2*-2;;;;2*+2. The predicted octanol–water partition coefficient (Wildman–Crippen LogP) is 8.34. The molecule has 12 heteroatoms. The minimum absolute atomic E-state index is 0. The average Bonchev–Trinajstić information content (AvgIpc) is 4.02. The van der Waals surface area contributed by atoms with Crippen molar-refractivity contribution in [2.45, 2.75) is 61.8 Å². The van der Waals surface area contributed by atoms with Crippen molar-refractivity contribution in [1.82, 2.24) is 48.5 Å². The molecule has 8 rings (SSSR count). The number of rotatable bonds is 2. The van der Waals surface area contributed by atoms with Crippen LogP contribution in [0.5, 0.6) is 0 Å². The summed E-state index contributed by atoms with van der Waals surface area (Å²) < 4.78 is 7.43. The van der Waals surface area contributed by atoms with E-state index in [2.05, 4.69) is 42.8 Å². The molecule has 0 aromatic carbocycles.